The molecular weight excluding hydrogens is 280 g/mol. The van der Waals surface area contributed by atoms with Crippen LogP contribution in [0.2, 0.25) is 0 Å². The van der Waals surface area contributed by atoms with Gasteiger partial charge in [0.15, 0.2) is 0 Å². The quantitative estimate of drug-likeness (QED) is 0.793. The number of amides is 1. The van der Waals surface area contributed by atoms with Crippen molar-refractivity contribution in [3.63, 3.8) is 0 Å². The van der Waals surface area contributed by atoms with Crippen molar-refractivity contribution < 1.29 is 17.9 Å². The summed E-state index contributed by atoms with van der Waals surface area (Å²) in [6.45, 7) is 7.30. The molecule has 0 saturated carbocycles. The number of piperidine rings is 1. The molecule has 0 unspecified atom stereocenters. The van der Waals surface area contributed by atoms with E-state index in [-0.39, 0.29) is 6.09 Å². The average Bonchev–Trinajstić information content (AvgIpc) is 2.26. The minimum Gasteiger partial charge on any atom is -0.444 e. The van der Waals surface area contributed by atoms with E-state index in [4.69, 9.17) is 4.74 Å². The van der Waals surface area contributed by atoms with E-state index in [1.165, 1.54) is 10.6 Å². The zero-order valence-corrected chi connectivity index (χ0v) is 13.9. The fourth-order valence-electron chi connectivity index (χ4n) is 2.12. The van der Waals surface area contributed by atoms with Crippen LogP contribution in [0.15, 0.2) is 0 Å². The summed E-state index contributed by atoms with van der Waals surface area (Å²) in [5.74, 6) is 0.299. The lowest BCUT2D eigenvalue weighted by atomic mass is 9.97. The lowest BCUT2D eigenvalue weighted by molar-refractivity contribution is 0.0179. The van der Waals surface area contributed by atoms with Crippen LogP contribution in [-0.4, -0.2) is 62.3 Å². The van der Waals surface area contributed by atoms with E-state index < -0.39 is 15.6 Å². The van der Waals surface area contributed by atoms with Gasteiger partial charge in [-0.05, 0) is 39.5 Å². The Balaban J connectivity index is 2.42. The summed E-state index contributed by atoms with van der Waals surface area (Å²) < 4.78 is 29.5. The van der Waals surface area contributed by atoms with Gasteiger partial charge in [-0.2, -0.15) is 0 Å². The number of sulfonamides is 1. The van der Waals surface area contributed by atoms with E-state index in [1.54, 1.807) is 11.9 Å². The number of ether oxygens (including phenoxy) is 1. The molecule has 118 valence electrons. The minimum absolute atomic E-state index is 0.285. The van der Waals surface area contributed by atoms with Crippen molar-refractivity contribution in [2.45, 2.75) is 39.2 Å². The van der Waals surface area contributed by atoms with Gasteiger partial charge in [0, 0.05) is 26.7 Å². The monoisotopic (exact) mass is 306 g/mol. The molecule has 1 rings (SSSR count). The number of carbonyl (C=O) groups is 1. The molecule has 0 aliphatic carbocycles. The van der Waals surface area contributed by atoms with Crippen LogP contribution in [0.25, 0.3) is 0 Å². The summed E-state index contributed by atoms with van der Waals surface area (Å²) in [5, 5.41) is 0. The van der Waals surface area contributed by atoms with Gasteiger partial charge in [-0.25, -0.2) is 17.5 Å². The van der Waals surface area contributed by atoms with Crippen LogP contribution in [-0.2, 0) is 14.8 Å². The normalized spacial score (nSPS) is 18.4. The Labute approximate surface area is 122 Å². The summed E-state index contributed by atoms with van der Waals surface area (Å²) >= 11 is 0. The molecule has 1 aliphatic rings. The molecular formula is C13H26N2O4S. The molecule has 0 atom stereocenters. The average molecular weight is 306 g/mol. The molecule has 1 fully saturated rings. The standard InChI is InChI=1S/C13H26N2O4S/c1-13(2,3)19-12(16)15-8-6-11(7-9-15)10-14(4)20(5,17)18/h11H,6-10H2,1-5H3. The van der Waals surface area contributed by atoms with Crippen LogP contribution in [0, 0.1) is 5.92 Å². The van der Waals surface area contributed by atoms with Crippen molar-refractivity contribution >= 4 is 16.1 Å². The topological polar surface area (TPSA) is 66.9 Å². The van der Waals surface area contributed by atoms with Gasteiger partial charge in [-0.15, -0.1) is 0 Å². The molecule has 0 aromatic rings. The maximum atomic E-state index is 11.9. The zero-order valence-electron chi connectivity index (χ0n) is 13.0. The summed E-state index contributed by atoms with van der Waals surface area (Å²) in [6.07, 6.45) is 2.54. The molecule has 1 saturated heterocycles. The number of nitrogens with zero attached hydrogens (tertiary/aromatic N) is 2. The number of rotatable bonds is 3. The van der Waals surface area contributed by atoms with Gasteiger partial charge in [0.1, 0.15) is 5.60 Å². The first-order valence-corrected chi connectivity index (χ1v) is 8.73. The molecule has 1 aliphatic heterocycles. The Morgan fingerprint density at radius 3 is 2.20 bits per heavy atom. The third-order valence-electron chi connectivity index (χ3n) is 3.35. The van der Waals surface area contributed by atoms with Crippen LogP contribution >= 0.6 is 0 Å². The van der Waals surface area contributed by atoms with E-state index in [9.17, 15) is 13.2 Å². The third kappa shape index (κ3) is 5.66. The number of likely N-dealkylation sites (tertiary alicyclic amines) is 1. The Bertz CT molecular complexity index is 434. The van der Waals surface area contributed by atoms with Crippen LogP contribution in [0.4, 0.5) is 4.79 Å². The summed E-state index contributed by atoms with van der Waals surface area (Å²) in [7, 11) is -1.54. The van der Waals surface area contributed by atoms with E-state index in [0.29, 0.717) is 25.6 Å². The molecule has 6 nitrogen and oxygen atoms in total. The number of hydrogen-bond acceptors (Lipinski definition) is 4. The molecule has 0 aromatic heterocycles. The summed E-state index contributed by atoms with van der Waals surface area (Å²) in [4.78, 5) is 13.6. The van der Waals surface area contributed by atoms with Gasteiger partial charge >= 0.3 is 6.09 Å². The predicted octanol–water partition coefficient (Wildman–Crippen LogP) is 1.52. The zero-order chi connectivity index (χ0) is 15.6. The highest BCUT2D eigenvalue weighted by molar-refractivity contribution is 7.88. The highest BCUT2D eigenvalue weighted by atomic mass is 32.2. The van der Waals surface area contributed by atoms with Crippen molar-refractivity contribution in [2.75, 3.05) is 32.9 Å². The molecule has 1 heterocycles. The first-order valence-electron chi connectivity index (χ1n) is 6.88. The predicted molar refractivity (Wildman–Crippen MR) is 78.0 cm³/mol. The lowest BCUT2D eigenvalue weighted by Crippen LogP contribution is -2.43. The van der Waals surface area contributed by atoms with E-state index in [0.717, 1.165) is 12.8 Å². The minimum atomic E-state index is -3.13. The van der Waals surface area contributed by atoms with Crippen LogP contribution in [0.3, 0.4) is 0 Å². The van der Waals surface area contributed by atoms with Crippen molar-refractivity contribution in [3.8, 4) is 0 Å². The number of carbonyl (C=O) groups excluding carboxylic acids is 1. The van der Waals surface area contributed by atoms with E-state index in [1.807, 2.05) is 20.8 Å². The SMILES string of the molecule is CN(CC1CCN(C(=O)OC(C)(C)C)CC1)S(C)(=O)=O. The Hall–Kier alpha value is -0.820. The van der Waals surface area contributed by atoms with Crippen LogP contribution in [0.1, 0.15) is 33.6 Å². The van der Waals surface area contributed by atoms with Gasteiger partial charge in [0.25, 0.3) is 0 Å². The molecule has 1 amide bonds. The highest BCUT2D eigenvalue weighted by Crippen LogP contribution is 2.20. The molecule has 0 spiro atoms. The second-order valence-electron chi connectivity index (χ2n) is 6.45. The summed E-state index contributed by atoms with van der Waals surface area (Å²) in [5.41, 5.74) is -0.482. The lowest BCUT2D eigenvalue weighted by Gasteiger charge is -2.34. The first kappa shape index (κ1) is 17.2. The van der Waals surface area contributed by atoms with E-state index in [2.05, 4.69) is 0 Å². The Morgan fingerprint density at radius 2 is 1.80 bits per heavy atom. The summed E-state index contributed by atoms with van der Waals surface area (Å²) in [6, 6.07) is 0. The van der Waals surface area contributed by atoms with Gasteiger partial charge in [-0.1, -0.05) is 0 Å². The number of hydrogen-bond donors (Lipinski definition) is 0. The fourth-order valence-corrected chi connectivity index (χ4v) is 2.61. The maximum Gasteiger partial charge on any atom is 0.410 e. The van der Waals surface area contributed by atoms with Gasteiger partial charge < -0.3 is 9.64 Å². The largest absolute Gasteiger partial charge is 0.444 e. The Morgan fingerprint density at radius 1 is 1.30 bits per heavy atom. The molecule has 0 aromatic carbocycles. The molecule has 0 N–H and O–H groups in total. The molecule has 0 radical (unpaired) electrons. The van der Waals surface area contributed by atoms with Crippen LogP contribution < -0.4 is 0 Å². The van der Waals surface area contributed by atoms with Crippen molar-refractivity contribution in [3.05, 3.63) is 0 Å². The van der Waals surface area contributed by atoms with Gasteiger partial charge in [0.05, 0.1) is 6.26 Å². The van der Waals surface area contributed by atoms with Gasteiger partial charge in [-0.3, -0.25) is 0 Å². The fraction of sp³-hybridized carbons (Fsp3) is 0.923. The van der Waals surface area contributed by atoms with E-state index >= 15 is 0 Å². The smallest absolute Gasteiger partial charge is 0.410 e. The molecule has 0 bridgehead atoms. The molecule has 20 heavy (non-hydrogen) atoms. The van der Waals surface area contributed by atoms with Crippen molar-refractivity contribution in [1.29, 1.82) is 0 Å². The second-order valence-corrected chi connectivity index (χ2v) is 8.54. The first-order chi connectivity index (χ1) is 8.99. The maximum absolute atomic E-state index is 11.9. The van der Waals surface area contributed by atoms with Crippen LogP contribution in [0.5, 0.6) is 0 Å². The Kier molecular flexibility index (Phi) is 5.43. The highest BCUT2D eigenvalue weighted by Gasteiger charge is 2.28. The molecule has 7 heteroatoms. The third-order valence-corrected chi connectivity index (χ3v) is 4.63. The second kappa shape index (κ2) is 6.30. The van der Waals surface area contributed by atoms with Crippen molar-refractivity contribution in [2.24, 2.45) is 5.92 Å². The van der Waals surface area contributed by atoms with Crippen molar-refractivity contribution in [1.82, 2.24) is 9.21 Å². The van der Waals surface area contributed by atoms with Gasteiger partial charge in [0.2, 0.25) is 10.0 Å².